The molecule has 0 fully saturated rings. The van der Waals surface area contributed by atoms with Crippen LogP contribution in [0.15, 0.2) is 30.6 Å². The Morgan fingerprint density at radius 1 is 1.11 bits per heavy atom. The minimum atomic E-state index is 0.461. The van der Waals surface area contributed by atoms with Gasteiger partial charge in [-0.2, -0.15) is 10.2 Å². The van der Waals surface area contributed by atoms with Gasteiger partial charge in [-0.1, -0.05) is 0 Å². The molecule has 0 spiro atoms. The van der Waals surface area contributed by atoms with Crippen LogP contribution in [0.25, 0.3) is 10.9 Å². The lowest BCUT2D eigenvalue weighted by Gasteiger charge is -2.04. The van der Waals surface area contributed by atoms with E-state index in [9.17, 15) is 0 Å². The van der Waals surface area contributed by atoms with E-state index in [1.54, 1.807) is 18.5 Å². The van der Waals surface area contributed by atoms with Crippen molar-refractivity contribution in [1.82, 2.24) is 25.1 Å². The van der Waals surface area contributed by atoms with E-state index >= 15 is 0 Å². The highest BCUT2D eigenvalue weighted by Gasteiger charge is 2.07. The van der Waals surface area contributed by atoms with Crippen LogP contribution in [-0.2, 0) is 6.42 Å². The molecule has 94 valence electrons. The summed E-state index contributed by atoms with van der Waals surface area (Å²) in [6.07, 6.45) is 3.85. The Bertz CT molecular complexity index is 723. The van der Waals surface area contributed by atoms with E-state index in [-0.39, 0.29) is 0 Å². The first-order valence-corrected chi connectivity index (χ1v) is 5.88. The van der Waals surface area contributed by atoms with E-state index in [1.165, 1.54) is 0 Å². The number of nitrogen functional groups attached to an aromatic ring is 1. The van der Waals surface area contributed by atoms with Gasteiger partial charge in [0.05, 0.1) is 29.5 Å². The Morgan fingerprint density at radius 3 is 2.79 bits per heavy atom. The van der Waals surface area contributed by atoms with Crippen molar-refractivity contribution in [3.63, 3.8) is 0 Å². The van der Waals surface area contributed by atoms with Crippen molar-refractivity contribution in [2.24, 2.45) is 0 Å². The van der Waals surface area contributed by atoms with Crippen molar-refractivity contribution in [2.45, 2.75) is 13.3 Å². The molecule has 0 saturated carbocycles. The summed E-state index contributed by atoms with van der Waals surface area (Å²) in [5, 5.41) is 8.92. The summed E-state index contributed by atoms with van der Waals surface area (Å²) in [5.41, 5.74) is 8.36. The number of anilines is 1. The van der Waals surface area contributed by atoms with E-state index < -0.39 is 0 Å². The summed E-state index contributed by atoms with van der Waals surface area (Å²) < 4.78 is 0. The van der Waals surface area contributed by atoms with Crippen molar-refractivity contribution in [2.75, 3.05) is 5.73 Å². The topological polar surface area (TPSA) is 90.5 Å². The van der Waals surface area contributed by atoms with Crippen LogP contribution in [0.3, 0.4) is 0 Å². The molecule has 3 rings (SSSR count). The van der Waals surface area contributed by atoms with Gasteiger partial charge in [-0.05, 0) is 25.1 Å². The van der Waals surface area contributed by atoms with Gasteiger partial charge in [-0.25, -0.2) is 9.97 Å². The van der Waals surface area contributed by atoms with Crippen molar-refractivity contribution < 1.29 is 0 Å². The summed E-state index contributed by atoms with van der Waals surface area (Å²) in [6.45, 7) is 1.90. The Hall–Kier alpha value is -2.63. The standard InChI is InChI=1S/C13H12N6/c1-8-2-3-9(19-18-8)6-12-16-11-7-15-5-4-10(11)13(14)17-12/h2-5,7H,6H2,1H3,(H2,14,16,17). The second kappa shape index (κ2) is 4.56. The van der Waals surface area contributed by atoms with Crippen molar-refractivity contribution in [3.05, 3.63) is 47.8 Å². The van der Waals surface area contributed by atoms with Crippen LogP contribution in [-0.4, -0.2) is 25.1 Å². The van der Waals surface area contributed by atoms with Gasteiger partial charge in [0.15, 0.2) is 0 Å². The monoisotopic (exact) mass is 252 g/mol. The lowest BCUT2D eigenvalue weighted by atomic mass is 10.2. The zero-order valence-corrected chi connectivity index (χ0v) is 10.4. The lowest BCUT2D eigenvalue weighted by Crippen LogP contribution is -2.04. The first-order valence-electron chi connectivity index (χ1n) is 5.88. The van der Waals surface area contributed by atoms with Crippen molar-refractivity contribution in [1.29, 1.82) is 0 Å². The van der Waals surface area contributed by atoms with Crippen molar-refractivity contribution in [3.8, 4) is 0 Å². The van der Waals surface area contributed by atoms with Gasteiger partial charge >= 0.3 is 0 Å². The van der Waals surface area contributed by atoms with E-state index in [1.807, 2.05) is 19.1 Å². The molecule has 6 heteroatoms. The van der Waals surface area contributed by atoms with Gasteiger partial charge in [0.2, 0.25) is 0 Å². The smallest absolute Gasteiger partial charge is 0.137 e. The Balaban J connectivity index is 1.99. The third kappa shape index (κ3) is 2.33. The zero-order chi connectivity index (χ0) is 13.2. The molecule has 0 radical (unpaired) electrons. The number of hydrogen-bond donors (Lipinski definition) is 1. The maximum Gasteiger partial charge on any atom is 0.137 e. The predicted molar refractivity (Wildman–Crippen MR) is 71.3 cm³/mol. The second-order valence-corrected chi connectivity index (χ2v) is 4.26. The Labute approximate surface area is 109 Å². The summed E-state index contributed by atoms with van der Waals surface area (Å²) in [6, 6.07) is 5.63. The molecule has 6 nitrogen and oxygen atoms in total. The van der Waals surface area contributed by atoms with Crippen LogP contribution >= 0.6 is 0 Å². The average molecular weight is 252 g/mol. The minimum Gasteiger partial charge on any atom is -0.383 e. The molecule has 0 aromatic carbocycles. The zero-order valence-electron chi connectivity index (χ0n) is 10.4. The molecule has 0 atom stereocenters. The van der Waals surface area contributed by atoms with Gasteiger partial charge in [0, 0.05) is 11.6 Å². The highest BCUT2D eigenvalue weighted by molar-refractivity contribution is 5.86. The number of nitrogens with two attached hydrogens (primary N) is 1. The molecule has 0 amide bonds. The van der Waals surface area contributed by atoms with Crippen molar-refractivity contribution >= 4 is 16.7 Å². The molecule has 19 heavy (non-hydrogen) atoms. The molecule has 0 aliphatic heterocycles. The van der Waals surface area contributed by atoms with Crippen LogP contribution < -0.4 is 5.73 Å². The third-order valence-electron chi connectivity index (χ3n) is 2.77. The Morgan fingerprint density at radius 2 is 2.00 bits per heavy atom. The molecule has 0 aliphatic carbocycles. The van der Waals surface area contributed by atoms with Gasteiger partial charge < -0.3 is 5.73 Å². The van der Waals surface area contributed by atoms with Gasteiger partial charge in [0.1, 0.15) is 11.6 Å². The van der Waals surface area contributed by atoms with E-state index in [4.69, 9.17) is 5.73 Å². The van der Waals surface area contributed by atoms with E-state index in [0.717, 1.165) is 22.3 Å². The quantitative estimate of drug-likeness (QED) is 0.739. The van der Waals surface area contributed by atoms with Gasteiger partial charge in [-0.3, -0.25) is 4.98 Å². The summed E-state index contributed by atoms with van der Waals surface area (Å²) in [4.78, 5) is 12.8. The molecular weight excluding hydrogens is 240 g/mol. The maximum absolute atomic E-state index is 5.92. The minimum absolute atomic E-state index is 0.461. The molecular formula is C13H12N6. The molecule has 0 saturated heterocycles. The first kappa shape index (κ1) is 11.5. The molecule has 0 aliphatic rings. The highest BCUT2D eigenvalue weighted by Crippen LogP contribution is 2.16. The molecule has 2 N–H and O–H groups in total. The molecule has 0 bridgehead atoms. The highest BCUT2D eigenvalue weighted by atomic mass is 15.1. The lowest BCUT2D eigenvalue weighted by molar-refractivity contribution is 0.875. The summed E-state index contributed by atoms with van der Waals surface area (Å²) in [5.74, 6) is 1.08. The second-order valence-electron chi connectivity index (χ2n) is 4.26. The van der Waals surface area contributed by atoms with Crippen LogP contribution in [0.5, 0.6) is 0 Å². The number of rotatable bonds is 2. The predicted octanol–water partition coefficient (Wildman–Crippen LogP) is 1.30. The normalized spacial score (nSPS) is 10.8. The van der Waals surface area contributed by atoms with Crippen LogP contribution in [0.4, 0.5) is 5.82 Å². The number of aryl methyl sites for hydroxylation is 1. The Kier molecular flexibility index (Phi) is 2.75. The SMILES string of the molecule is Cc1ccc(Cc2nc(N)c3ccncc3n2)nn1. The molecule has 3 heterocycles. The molecule has 3 aromatic heterocycles. The van der Waals surface area contributed by atoms with E-state index in [2.05, 4.69) is 25.1 Å². The molecule has 3 aromatic rings. The first-order chi connectivity index (χ1) is 9.22. The number of hydrogen-bond acceptors (Lipinski definition) is 6. The van der Waals surface area contributed by atoms with E-state index in [0.29, 0.717) is 18.1 Å². The largest absolute Gasteiger partial charge is 0.383 e. The van der Waals surface area contributed by atoms with Gasteiger partial charge in [-0.15, -0.1) is 0 Å². The fraction of sp³-hybridized carbons (Fsp3) is 0.154. The number of aromatic nitrogens is 5. The molecule has 0 unspecified atom stereocenters. The maximum atomic E-state index is 5.92. The third-order valence-corrected chi connectivity index (χ3v) is 2.77. The number of fused-ring (bicyclic) bond motifs is 1. The van der Waals surface area contributed by atoms with Crippen LogP contribution in [0, 0.1) is 6.92 Å². The number of nitrogens with zero attached hydrogens (tertiary/aromatic N) is 5. The average Bonchev–Trinajstić information content (AvgIpc) is 2.42. The van der Waals surface area contributed by atoms with Gasteiger partial charge in [0.25, 0.3) is 0 Å². The van der Waals surface area contributed by atoms with Crippen LogP contribution in [0.1, 0.15) is 17.2 Å². The summed E-state index contributed by atoms with van der Waals surface area (Å²) in [7, 11) is 0. The number of pyridine rings is 1. The fourth-order valence-electron chi connectivity index (χ4n) is 1.82. The fourth-order valence-corrected chi connectivity index (χ4v) is 1.82. The summed E-state index contributed by atoms with van der Waals surface area (Å²) >= 11 is 0. The van der Waals surface area contributed by atoms with Crippen LogP contribution in [0.2, 0.25) is 0 Å².